The zero-order valence-electron chi connectivity index (χ0n) is 19.7. The molecule has 1 atom stereocenters. The summed E-state index contributed by atoms with van der Waals surface area (Å²) in [6, 6.07) is 14.8. The van der Waals surface area contributed by atoms with Crippen molar-refractivity contribution in [1.29, 1.82) is 0 Å². The number of carbonyl (C=O) groups excluding carboxylic acids is 1. The topological polar surface area (TPSA) is 105 Å². The zero-order valence-corrected chi connectivity index (χ0v) is 22.1. The molecule has 2 aromatic carbocycles. The summed E-state index contributed by atoms with van der Waals surface area (Å²) in [5.74, 6) is 0.629. The monoisotopic (exact) mass is 531 g/mol. The number of aryl methyl sites for hydroxylation is 2. The Kier molecular flexibility index (Phi) is 9.02. The van der Waals surface area contributed by atoms with Crippen LogP contribution in [0, 0.1) is 6.92 Å². The number of nitrogens with zero attached hydrogens (tertiary/aromatic N) is 2. The van der Waals surface area contributed by atoms with Gasteiger partial charge in [0.1, 0.15) is 10.0 Å². The second kappa shape index (κ2) is 12.0. The van der Waals surface area contributed by atoms with Gasteiger partial charge in [0.15, 0.2) is 11.0 Å². The highest BCUT2D eigenvalue weighted by molar-refractivity contribution is 7.85. The first kappa shape index (κ1) is 26.4. The molecule has 0 aliphatic heterocycles. The maximum absolute atomic E-state index is 12.9. The van der Waals surface area contributed by atoms with E-state index in [1.807, 2.05) is 51.2 Å². The third kappa shape index (κ3) is 6.08. The molecule has 4 aromatic rings. The molecule has 1 amide bonds. The summed E-state index contributed by atoms with van der Waals surface area (Å²) in [4.78, 5) is 28.6. The summed E-state index contributed by atoms with van der Waals surface area (Å²) in [6.07, 6.45) is 1.38. The smallest absolute Gasteiger partial charge is 0.266 e. The SMILES string of the molecule is CCc1ccc(S(=O)NC=O)s1.CNc1ccc(-n2c(C)nc3cc(NC)c(Cl)cc3c2=O)cc1. The molecule has 8 nitrogen and oxygen atoms in total. The number of fused-ring (bicyclic) bond motifs is 1. The van der Waals surface area contributed by atoms with E-state index in [4.69, 9.17) is 11.6 Å². The minimum Gasteiger partial charge on any atom is -0.388 e. The Morgan fingerprint density at radius 2 is 1.83 bits per heavy atom. The van der Waals surface area contributed by atoms with E-state index in [2.05, 4.69) is 20.3 Å². The molecule has 1 unspecified atom stereocenters. The maximum Gasteiger partial charge on any atom is 0.266 e. The van der Waals surface area contributed by atoms with Crippen LogP contribution in [0.1, 0.15) is 17.6 Å². The molecule has 184 valence electrons. The third-order valence-electron chi connectivity index (χ3n) is 5.13. The minimum absolute atomic E-state index is 0.130. The zero-order chi connectivity index (χ0) is 25.5. The number of hydrogen-bond acceptors (Lipinski definition) is 7. The van der Waals surface area contributed by atoms with Gasteiger partial charge >= 0.3 is 0 Å². The Labute approximate surface area is 214 Å². The lowest BCUT2D eigenvalue weighted by molar-refractivity contribution is -0.108. The van der Waals surface area contributed by atoms with Crippen LogP contribution >= 0.6 is 22.9 Å². The van der Waals surface area contributed by atoms with Gasteiger partial charge in [-0.1, -0.05) is 18.5 Å². The highest BCUT2D eigenvalue weighted by atomic mass is 35.5. The van der Waals surface area contributed by atoms with Crippen molar-refractivity contribution in [3.8, 4) is 5.69 Å². The molecule has 0 spiro atoms. The summed E-state index contributed by atoms with van der Waals surface area (Å²) in [5, 5.41) is 7.05. The molecule has 0 aliphatic carbocycles. The number of aromatic nitrogens is 2. The second-order valence-corrected chi connectivity index (χ2v) is 10.3. The van der Waals surface area contributed by atoms with Gasteiger partial charge in [-0.3, -0.25) is 18.9 Å². The normalized spacial score (nSPS) is 11.3. The summed E-state index contributed by atoms with van der Waals surface area (Å²) in [5.41, 5.74) is 3.00. The van der Waals surface area contributed by atoms with Gasteiger partial charge in [0.25, 0.3) is 5.56 Å². The molecule has 2 aromatic heterocycles. The molecule has 0 saturated heterocycles. The van der Waals surface area contributed by atoms with Crippen LogP contribution in [0.3, 0.4) is 0 Å². The fourth-order valence-corrected chi connectivity index (χ4v) is 5.44. The Balaban J connectivity index is 0.000000241. The van der Waals surface area contributed by atoms with Gasteiger partial charge in [-0.05, 0) is 61.9 Å². The van der Waals surface area contributed by atoms with Gasteiger partial charge in [-0.2, -0.15) is 0 Å². The number of amides is 1. The Bertz CT molecular complexity index is 1420. The van der Waals surface area contributed by atoms with Crippen molar-refractivity contribution in [2.75, 3.05) is 24.7 Å². The minimum atomic E-state index is -1.36. The van der Waals surface area contributed by atoms with E-state index in [9.17, 15) is 13.8 Å². The number of halogens is 1. The lowest BCUT2D eigenvalue weighted by atomic mass is 10.2. The van der Waals surface area contributed by atoms with E-state index < -0.39 is 11.0 Å². The molecule has 0 bridgehead atoms. The van der Waals surface area contributed by atoms with Crippen LogP contribution in [-0.4, -0.2) is 34.3 Å². The standard InChI is InChI=1S/C17H17ClN4O.C7H9NO2S2/c1-10-21-15-9-16(20-3)14(18)8-13(15)17(23)22(10)12-6-4-11(19-2)5-7-12;1-2-6-3-4-7(11-6)12(10)8-5-9/h4-9,19-20H,1-3H3;3-5H,2H2,1H3,(H,8,9). The number of hydrogen-bond donors (Lipinski definition) is 3. The summed E-state index contributed by atoms with van der Waals surface area (Å²) >= 11 is 7.67. The van der Waals surface area contributed by atoms with Gasteiger partial charge in [0.2, 0.25) is 6.41 Å². The molecule has 0 saturated carbocycles. The number of carbonyl (C=O) groups is 1. The molecule has 11 heteroatoms. The van der Waals surface area contributed by atoms with E-state index in [1.54, 1.807) is 29.8 Å². The first-order valence-corrected chi connectivity index (χ1v) is 13.1. The van der Waals surface area contributed by atoms with E-state index in [0.717, 1.165) is 23.5 Å². The van der Waals surface area contributed by atoms with E-state index in [0.29, 0.717) is 32.4 Å². The van der Waals surface area contributed by atoms with E-state index in [1.165, 1.54) is 16.2 Å². The van der Waals surface area contributed by atoms with E-state index in [-0.39, 0.29) is 5.56 Å². The van der Waals surface area contributed by atoms with Crippen LogP contribution in [0.25, 0.3) is 16.6 Å². The van der Waals surface area contributed by atoms with Crippen molar-refractivity contribution in [3.05, 3.63) is 74.6 Å². The van der Waals surface area contributed by atoms with Gasteiger partial charge in [0.05, 0.1) is 27.3 Å². The average Bonchev–Trinajstić information content (AvgIpc) is 3.35. The Morgan fingerprint density at radius 3 is 2.40 bits per heavy atom. The molecule has 0 aliphatic rings. The number of rotatable bonds is 7. The molecule has 0 radical (unpaired) electrons. The highest BCUT2D eigenvalue weighted by Gasteiger charge is 2.12. The third-order valence-corrected chi connectivity index (χ3v) is 7.98. The molecular weight excluding hydrogens is 506 g/mol. The fraction of sp³-hybridized carbons (Fsp3) is 0.208. The summed E-state index contributed by atoms with van der Waals surface area (Å²) < 4.78 is 15.6. The molecule has 35 heavy (non-hydrogen) atoms. The predicted octanol–water partition coefficient (Wildman–Crippen LogP) is 4.51. The van der Waals surface area contributed by atoms with Crippen molar-refractivity contribution in [3.63, 3.8) is 0 Å². The van der Waals surface area contributed by atoms with Crippen molar-refractivity contribution in [1.82, 2.24) is 14.3 Å². The second-order valence-electron chi connectivity index (χ2n) is 7.27. The van der Waals surface area contributed by atoms with Gasteiger partial charge in [-0.15, -0.1) is 11.3 Å². The van der Waals surface area contributed by atoms with Gasteiger partial charge < -0.3 is 10.6 Å². The van der Waals surface area contributed by atoms with Crippen molar-refractivity contribution in [2.45, 2.75) is 24.5 Å². The molecule has 2 heterocycles. The highest BCUT2D eigenvalue weighted by Crippen LogP contribution is 2.26. The van der Waals surface area contributed by atoms with Crippen LogP contribution in [0.15, 0.2) is 57.5 Å². The van der Waals surface area contributed by atoms with Crippen molar-refractivity contribution < 1.29 is 9.00 Å². The van der Waals surface area contributed by atoms with Crippen LogP contribution in [-0.2, 0) is 22.2 Å². The van der Waals surface area contributed by atoms with Crippen LogP contribution in [0.4, 0.5) is 11.4 Å². The van der Waals surface area contributed by atoms with Gasteiger partial charge in [-0.25, -0.2) is 9.19 Å². The van der Waals surface area contributed by atoms with Crippen molar-refractivity contribution in [2.24, 2.45) is 0 Å². The predicted molar refractivity (Wildman–Crippen MR) is 145 cm³/mol. The van der Waals surface area contributed by atoms with Crippen LogP contribution < -0.4 is 20.9 Å². The largest absolute Gasteiger partial charge is 0.388 e. The lowest BCUT2D eigenvalue weighted by Crippen LogP contribution is -2.22. The Hall–Kier alpha value is -3.21. The summed E-state index contributed by atoms with van der Waals surface area (Å²) in [7, 11) is 2.27. The van der Waals surface area contributed by atoms with Gasteiger partial charge in [0, 0.05) is 24.7 Å². The summed E-state index contributed by atoms with van der Waals surface area (Å²) in [6.45, 7) is 3.85. The van der Waals surface area contributed by atoms with Crippen molar-refractivity contribution >= 4 is 62.6 Å². The Morgan fingerprint density at radius 1 is 1.11 bits per heavy atom. The van der Waals surface area contributed by atoms with Crippen LogP contribution in [0.2, 0.25) is 5.02 Å². The fourth-order valence-electron chi connectivity index (χ4n) is 3.34. The molecule has 4 rings (SSSR count). The first-order chi connectivity index (χ1) is 16.8. The number of thiophene rings is 1. The van der Waals surface area contributed by atoms with E-state index >= 15 is 0 Å². The average molecular weight is 532 g/mol. The molecule has 3 N–H and O–H groups in total. The molecular formula is C24H26ClN5O3S2. The lowest BCUT2D eigenvalue weighted by Gasteiger charge is -2.13. The number of benzene rings is 2. The quantitative estimate of drug-likeness (QED) is 0.303. The number of nitrogens with one attached hydrogen (secondary N) is 3. The first-order valence-electron chi connectivity index (χ1n) is 10.7. The molecule has 0 fully saturated rings. The van der Waals surface area contributed by atoms with Crippen LogP contribution in [0.5, 0.6) is 0 Å². The maximum atomic E-state index is 12.9. The number of anilines is 2.